The van der Waals surface area contributed by atoms with Crippen molar-refractivity contribution in [1.82, 2.24) is 25.3 Å². The number of urea groups is 1. The van der Waals surface area contributed by atoms with E-state index in [-0.39, 0.29) is 35.6 Å². The van der Waals surface area contributed by atoms with Crippen LogP contribution in [0, 0.1) is 11.8 Å². The van der Waals surface area contributed by atoms with Crippen LogP contribution in [0.2, 0.25) is 0 Å². The van der Waals surface area contributed by atoms with Gasteiger partial charge < -0.3 is 9.80 Å². The summed E-state index contributed by atoms with van der Waals surface area (Å²) in [4.78, 5) is 42.4. The maximum Gasteiger partial charge on any atom is 0.327 e. The molecule has 8 nitrogen and oxygen atoms in total. The second-order valence-corrected chi connectivity index (χ2v) is 8.98. The van der Waals surface area contributed by atoms with Crippen molar-refractivity contribution in [2.45, 2.75) is 50.8 Å². The zero-order valence-electron chi connectivity index (χ0n) is 16.6. The predicted octanol–water partition coefficient (Wildman–Crippen LogP) is 0.699. The summed E-state index contributed by atoms with van der Waals surface area (Å²) in [5.74, 6) is 0.551. The highest BCUT2D eigenvalue weighted by Gasteiger charge is 2.50. The number of carbonyl (C=O) groups is 3. The highest BCUT2D eigenvalue weighted by Crippen LogP contribution is 2.32. The van der Waals surface area contributed by atoms with Gasteiger partial charge in [0.1, 0.15) is 0 Å². The Morgan fingerprint density at radius 3 is 2.48 bits per heavy atom. The van der Waals surface area contributed by atoms with Gasteiger partial charge in [0.25, 0.3) is 0 Å². The first-order chi connectivity index (χ1) is 12.8. The largest absolute Gasteiger partial charge is 0.342 e. The van der Waals surface area contributed by atoms with Crippen molar-refractivity contribution in [3.63, 3.8) is 0 Å². The van der Waals surface area contributed by atoms with Gasteiger partial charge in [-0.15, -0.1) is 11.8 Å². The Bertz CT molecular complexity index is 596. The summed E-state index contributed by atoms with van der Waals surface area (Å²) in [6, 6.07) is -0.298. The second kappa shape index (κ2) is 8.36. The van der Waals surface area contributed by atoms with E-state index in [0.717, 1.165) is 32.4 Å². The van der Waals surface area contributed by atoms with Crippen molar-refractivity contribution in [3.05, 3.63) is 0 Å². The molecule has 0 radical (unpaired) electrons. The number of thioether (sulfide) groups is 1. The van der Waals surface area contributed by atoms with E-state index in [1.165, 1.54) is 23.7 Å². The number of rotatable bonds is 4. The van der Waals surface area contributed by atoms with Crippen molar-refractivity contribution in [1.29, 1.82) is 0 Å². The Kier molecular flexibility index (Phi) is 6.32. The van der Waals surface area contributed by atoms with Gasteiger partial charge >= 0.3 is 6.03 Å². The third kappa shape index (κ3) is 4.09. The topological polar surface area (TPSA) is 85.0 Å². The van der Waals surface area contributed by atoms with Crippen LogP contribution in [0.1, 0.15) is 33.1 Å². The molecule has 4 atom stereocenters. The molecule has 0 aromatic heterocycles. The molecule has 3 rings (SSSR count). The maximum absolute atomic E-state index is 12.8. The number of nitrogens with zero attached hydrogens (tertiary/aromatic N) is 3. The molecule has 27 heavy (non-hydrogen) atoms. The van der Waals surface area contributed by atoms with Gasteiger partial charge in [-0.1, -0.05) is 13.8 Å². The van der Waals surface area contributed by atoms with Crippen molar-refractivity contribution < 1.29 is 14.4 Å². The zero-order chi connectivity index (χ0) is 19.7. The quantitative estimate of drug-likeness (QED) is 0.726. The molecule has 0 aliphatic carbocycles. The summed E-state index contributed by atoms with van der Waals surface area (Å²) in [6.07, 6.45) is 2.59. The average molecular weight is 398 g/mol. The fourth-order valence-electron chi connectivity index (χ4n) is 4.01. The molecule has 3 saturated heterocycles. The van der Waals surface area contributed by atoms with E-state index in [9.17, 15) is 14.4 Å². The van der Waals surface area contributed by atoms with Gasteiger partial charge in [0.15, 0.2) is 0 Å². The molecule has 0 bridgehead atoms. The minimum absolute atomic E-state index is 0.00106. The van der Waals surface area contributed by atoms with E-state index in [2.05, 4.69) is 17.6 Å². The summed E-state index contributed by atoms with van der Waals surface area (Å²) in [7, 11) is 3.24. The molecule has 3 aliphatic heterocycles. The average Bonchev–Trinajstić information content (AvgIpc) is 2.68. The third-order valence-corrected chi connectivity index (χ3v) is 7.16. The zero-order valence-corrected chi connectivity index (χ0v) is 17.4. The van der Waals surface area contributed by atoms with Gasteiger partial charge in [-0.2, -0.15) is 0 Å². The molecule has 2 N–H and O–H groups in total. The van der Waals surface area contributed by atoms with Crippen LogP contribution in [-0.2, 0) is 9.59 Å². The lowest BCUT2D eigenvalue weighted by Crippen LogP contribution is -2.74. The van der Waals surface area contributed by atoms with Gasteiger partial charge in [-0.3, -0.25) is 25.1 Å². The molecule has 0 aromatic rings. The molecular formula is C18H31N5O3S. The number of nitrogens with one attached hydrogen (secondary N) is 2. The molecule has 0 saturated carbocycles. The Hall–Kier alpha value is -1.32. The van der Waals surface area contributed by atoms with Crippen LogP contribution in [0.4, 0.5) is 4.79 Å². The molecule has 3 fully saturated rings. The molecular weight excluding hydrogens is 366 g/mol. The first-order valence-corrected chi connectivity index (χ1v) is 10.8. The molecule has 0 aromatic carbocycles. The lowest BCUT2D eigenvalue weighted by atomic mass is 9.97. The van der Waals surface area contributed by atoms with Crippen molar-refractivity contribution in [2.75, 3.05) is 32.9 Å². The summed E-state index contributed by atoms with van der Waals surface area (Å²) in [5, 5.41) is 6.60. The van der Waals surface area contributed by atoms with Crippen LogP contribution in [0.5, 0.6) is 0 Å². The monoisotopic (exact) mass is 397 g/mol. The van der Waals surface area contributed by atoms with Crippen molar-refractivity contribution in [3.8, 4) is 0 Å². The van der Waals surface area contributed by atoms with E-state index in [1.807, 2.05) is 11.8 Å². The second-order valence-electron chi connectivity index (χ2n) is 7.85. The summed E-state index contributed by atoms with van der Waals surface area (Å²) < 4.78 is 0. The number of piperidine rings is 1. The Morgan fingerprint density at radius 2 is 1.85 bits per heavy atom. The van der Waals surface area contributed by atoms with Crippen LogP contribution >= 0.6 is 11.8 Å². The molecule has 3 heterocycles. The SMILES string of the molecule is CCC1NC(SCC(=O)N2CCC(C)CC2)C2C(=O)N(C)C(=O)N(C)C2N1. The number of carbonyl (C=O) groups excluding carboxylic acids is 3. The van der Waals surface area contributed by atoms with E-state index < -0.39 is 5.92 Å². The Balaban J connectivity index is 1.68. The standard InChI is InChI=1S/C18H31N5O3S/c1-5-12-19-15-14(17(25)22(4)18(26)21(15)3)16(20-12)27-10-13(24)23-8-6-11(2)7-9-23/h11-12,14-16,19-20H,5-10H2,1-4H3. The molecule has 0 spiro atoms. The van der Waals surface area contributed by atoms with Crippen LogP contribution < -0.4 is 10.6 Å². The van der Waals surface area contributed by atoms with Gasteiger partial charge in [-0.25, -0.2) is 4.79 Å². The minimum atomic E-state index is -0.417. The summed E-state index contributed by atoms with van der Waals surface area (Å²) >= 11 is 1.49. The molecule has 4 amide bonds. The van der Waals surface area contributed by atoms with E-state index >= 15 is 0 Å². The normalized spacial score (nSPS) is 32.7. The van der Waals surface area contributed by atoms with E-state index in [4.69, 9.17) is 0 Å². The van der Waals surface area contributed by atoms with E-state index in [0.29, 0.717) is 11.7 Å². The van der Waals surface area contributed by atoms with E-state index in [1.54, 1.807) is 11.9 Å². The summed E-state index contributed by atoms with van der Waals surface area (Å²) in [5.41, 5.74) is 0. The molecule has 152 valence electrons. The smallest absolute Gasteiger partial charge is 0.327 e. The fraction of sp³-hybridized carbons (Fsp3) is 0.833. The third-order valence-electron chi connectivity index (χ3n) is 5.96. The maximum atomic E-state index is 12.8. The van der Waals surface area contributed by atoms with Crippen LogP contribution in [0.15, 0.2) is 0 Å². The first kappa shape index (κ1) is 20.4. The van der Waals surface area contributed by atoms with Gasteiger partial charge in [-0.05, 0) is 25.2 Å². The number of imide groups is 1. The van der Waals surface area contributed by atoms with Crippen LogP contribution in [0.3, 0.4) is 0 Å². The van der Waals surface area contributed by atoms with Crippen LogP contribution in [0.25, 0.3) is 0 Å². The van der Waals surface area contributed by atoms with Crippen molar-refractivity contribution >= 4 is 29.6 Å². The Morgan fingerprint density at radius 1 is 1.19 bits per heavy atom. The Labute approximate surface area is 165 Å². The molecule has 3 aliphatic rings. The van der Waals surface area contributed by atoms with Crippen LogP contribution in [-0.4, -0.2) is 83.2 Å². The highest BCUT2D eigenvalue weighted by molar-refractivity contribution is 8.00. The lowest BCUT2D eigenvalue weighted by molar-refractivity contribution is -0.140. The first-order valence-electron chi connectivity index (χ1n) is 9.79. The van der Waals surface area contributed by atoms with Gasteiger partial charge in [0.2, 0.25) is 11.8 Å². The van der Waals surface area contributed by atoms with Gasteiger partial charge in [0, 0.05) is 27.2 Å². The fourth-order valence-corrected chi connectivity index (χ4v) is 5.25. The molecule has 4 unspecified atom stereocenters. The lowest BCUT2D eigenvalue weighted by Gasteiger charge is -2.50. The number of hydrogen-bond acceptors (Lipinski definition) is 6. The number of likely N-dealkylation sites (tertiary alicyclic amines) is 1. The number of fused-ring (bicyclic) bond motifs is 1. The number of amides is 4. The van der Waals surface area contributed by atoms with Gasteiger partial charge in [0.05, 0.1) is 29.4 Å². The number of hydrogen-bond donors (Lipinski definition) is 2. The van der Waals surface area contributed by atoms with Crippen molar-refractivity contribution in [2.24, 2.45) is 11.8 Å². The predicted molar refractivity (Wildman–Crippen MR) is 105 cm³/mol. The highest BCUT2D eigenvalue weighted by atomic mass is 32.2. The molecule has 9 heteroatoms. The minimum Gasteiger partial charge on any atom is -0.342 e. The summed E-state index contributed by atoms with van der Waals surface area (Å²) in [6.45, 7) is 5.92.